The molecule has 3 rings (SSSR count). The van der Waals surface area contributed by atoms with E-state index in [0.717, 1.165) is 25.3 Å². The van der Waals surface area contributed by atoms with E-state index < -0.39 is 0 Å². The van der Waals surface area contributed by atoms with Crippen LogP contribution in [0.25, 0.3) is 0 Å². The minimum absolute atomic E-state index is 0.432. The largest absolute Gasteiger partial charge is 0.497 e. The molecule has 1 unspecified atom stereocenters. The van der Waals surface area contributed by atoms with Crippen LogP contribution in [0.1, 0.15) is 29.7 Å². The van der Waals surface area contributed by atoms with Gasteiger partial charge in [0.05, 0.1) is 19.3 Å². The van der Waals surface area contributed by atoms with Gasteiger partial charge in [0.2, 0.25) is 0 Å². The van der Waals surface area contributed by atoms with Gasteiger partial charge >= 0.3 is 0 Å². The van der Waals surface area contributed by atoms with E-state index in [1.165, 1.54) is 22.6 Å². The number of methoxy groups -OCH3 is 1. The van der Waals surface area contributed by atoms with Crippen LogP contribution in [0.4, 0.5) is 5.82 Å². The third-order valence-corrected chi connectivity index (χ3v) is 4.10. The first-order valence-corrected chi connectivity index (χ1v) is 7.17. The molecular formula is C16H21N3O. The summed E-state index contributed by atoms with van der Waals surface area (Å²) in [6.45, 7) is 6.18. The number of ether oxygens (including phenoxy) is 1. The summed E-state index contributed by atoms with van der Waals surface area (Å²) in [5.41, 5.74) is 3.78. The summed E-state index contributed by atoms with van der Waals surface area (Å²) in [5.74, 6) is 2.53. The van der Waals surface area contributed by atoms with Gasteiger partial charge in [-0.1, -0.05) is 19.1 Å². The number of benzene rings is 1. The first-order chi connectivity index (χ1) is 9.72. The molecule has 2 aromatic rings. The quantitative estimate of drug-likeness (QED) is 0.933. The normalized spacial score (nSPS) is 17.4. The number of nitrogens with zero attached hydrogens (tertiary/aromatic N) is 2. The molecule has 0 radical (unpaired) electrons. The summed E-state index contributed by atoms with van der Waals surface area (Å²) in [7, 11) is 1.71. The average Bonchev–Trinajstić information content (AvgIpc) is 2.83. The first kappa shape index (κ1) is 13.0. The second-order valence-electron chi connectivity index (χ2n) is 5.31. The molecule has 1 aliphatic rings. The highest BCUT2D eigenvalue weighted by molar-refractivity contribution is 5.49. The lowest BCUT2D eigenvalue weighted by molar-refractivity contribution is 0.412. The van der Waals surface area contributed by atoms with Crippen LogP contribution in [0.5, 0.6) is 5.75 Å². The molecule has 2 heterocycles. The predicted octanol–water partition coefficient (Wildman–Crippen LogP) is 2.97. The van der Waals surface area contributed by atoms with Crippen LogP contribution in [-0.4, -0.2) is 23.4 Å². The molecule has 1 aromatic carbocycles. The van der Waals surface area contributed by atoms with Crippen LogP contribution < -0.4 is 10.1 Å². The maximum Gasteiger partial charge on any atom is 0.127 e. The summed E-state index contributed by atoms with van der Waals surface area (Å²) in [6, 6.07) is 8.32. The number of hydrogen-bond donors (Lipinski definition) is 1. The molecule has 0 aliphatic carbocycles. The number of hydrogen-bond acceptors (Lipinski definition) is 3. The predicted molar refractivity (Wildman–Crippen MR) is 80.6 cm³/mol. The zero-order valence-electron chi connectivity index (χ0n) is 12.3. The Morgan fingerprint density at radius 2 is 2.30 bits per heavy atom. The molecular weight excluding hydrogens is 250 g/mol. The second kappa shape index (κ2) is 5.19. The molecule has 0 amide bonds. The van der Waals surface area contributed by atoms with Crippen LogP contribution in [0.15, 0.2) is 24.3 Å². The monoisotopic (exact) mass is 271 g/mol. The lowest BCUT2D eigenvalue weighted by atomic mass is 9.97. The first-order valence-electron chi connectivity index (χ1n) is 7.17. The summed E-state index contributed by atoms with van der Waals surface area (Å²) < 4.78 is 7.43. The van der Waals surface area contributed by atoms with Crippen molar-refractivity contribution in [2.75, 3.05) is 19.0 Å². The molecule has 0 spiro atoms. The topological polar surface area (TPSA) is 39.1 Å². The van der Waals surface area contributed by atoms with Gasteiger partial charge in [-0.05, 0) is 31.0 Å². The Hall–Kier alpha value is -1.97. The Bertz CT molecular complexity index is 618. The fourth-order valence-corrected chi connectivity index (χ4v) is 2.90. The standard InChI is InChI=1S/C16H21N3O/c1-4-15-11(2)16-17-9-13(10-19(16)18-15)12-6-5-7-14(8-12)20-3/h5-8,13,17H,4,9-10H2,1-3H3. The molecule has 0 saturated heterocycles. The van der Waals surface area contributed by atoms with Crippen LogP contribution in [0.3, 0.4) is 0 Å². The van der Waals surface area contributed by atoms with E-state index in [1.54, 1.807) is 7.11 Å². The lowest BCUT2D eigenvalue weighted by Gasteiger charge is -2.26. The summed E-state index contributed by atoms with van der Waals surface area (Å²) in [4.78, 5) is 0. The summed E-state index contributed by atoms with van der Waals surface area (Å²) in [6.07, 6.45) is 0.983. The molecule has 1 N–H and O–H groups in total. The Balaban J connectivity index is 1.88. The number of rotatable bonds is 3. The van der Waals surface area contributed by atoms with E-state index in [-0.39, 0.29) is 0 Å². The van der Waals surface area contributed by atoms with Crippen molar-refractivity contribution < 1.29 is 4.74 Å². The zero-order valence-corrected chi connectivity index (χ0v) is 12.3. The zero-order chi connectivity index (χ0) is 14.1. The number of aromatic nitrogens is 2. The van der Waals surface area contributed by atoms with Gasteiger partial charge in [-0.25, -0.2) is 4.68 Å². The minimum atomic E-state index is 0.432. The Kier molecular flexibility index (Phi) is 3.38. The third kappa shape index (κ3) is 2.15. The molecule has 20 heavy (non-hydrogen) atoms. The Labute approximate surface area is 119 Å². The van der Waals surface area contributed by atoms with Crippen molar-refractivity contribution >= 4 is 5.82 Å². The maximum absolute atomic E-state index is 5.31. The van der Waals surface area contributed by atoms with E-state index in [4.69, 9.17) is 9.84 Å². The second-order valence-corrected chi connectivity index (χ2v) is 5.31. The van der Waals surface area contributed by atoms with Crippen molar-refractivity contribution in [2.24, 2.45) is 0 Å². The van der Waals surface area contributed by atoms with Crippen LogP contribution in [0, 0.1) is 6.92 Å². The van der Waals surface area contributed by atoms with Gasteiger partial charge in [-0.15, -0.1) is 0 Å². The van der Waals surface area contributed by atoms with Crippen molar-refractivity contribution in [3.05, 3.63) is 41.1 Å². The molecule has 0 bridgehead atoms. The molecule has 0 fully saturated rings. The Morgan fingerprint density at radius 1 is 1.45 bits per heavy atom. The van der Waals surface area contributed by atoms with Crippen LogP contribution >= 0.6 is 0 Å². The SMILES string of the molecule is CCc1nn2c(c1C)NCC(c1cccc(OC)c1)C2. The molecule has 106 valence electrons. The van der Waals surface area contributed by atoms with E-state index >= 15 is 0 Å². The molecule has 0 saturated carbocycles. The van der Waals surface area contributed by atoms with Crippen molar-refractivity contribution in [3.63, 3.8) is 0 Å². The maximum atomic E-state index is 5.31. The Morgan fingerprint density at radius 3 is 3.05 bits per heavy atom. The highest BCUT2D eigenvalue weighted by Crippen LogP contribution is 2.30. The van der Waals surface area contributed by atoms with E-state index in [2.05, 4.69) is 42.0 Å². The van der Waals surface area contributed by atoms with Crippen molar-refractivity contribution in [2.45, 2.75) is 32.7 Å². The summed E-state index contributed by atoms with van der Waals surface area (Å²) >= 11 is 0. The van der Waals surface area contributed by atoms with Gasteiger partial charge in [0.1, 0.15) is 11.6 Å². The highest BCUT2D eigenvalue weighted by Gasteiger charge is 2.23. The fraction of sp³-hybridized carbons (Fsp3) is 0.438. The van der Waals surface area contributed by atoms with Crippen LogP contribution in [-0.2, 0) is 13.0 Å². The molecule has 1 aromatic heterocycles. The molecule has 4 heteroatoms. The van der Waals surface area contributed by atoms with Crippen molar-refractivity contribution in [1.29, 1.82) is 0 Å². The number of anilines is 1. The minimum Gasteiger partial charge on any atom is -0.497 e. The number of nitrogens with one attached hydrogen (secondary N) is 1. The van der Waals surface area contributed by atoms with Gasteiger partial charge in [-0.3, -0.25) is 0 Å². The highest BCUT2D eigenvalue weighted by atomic mass is 16.5. The van der Waals surface area contributed by atoms with Gasteiger partial charge in [0.25, 0.3) is 0 Å². The van der Waals surface area contributed by atoms with Crippen LogP contribution in [0.2, 0.25) is 0 Å². The van der Waals surface area contributed by atoms with Gasteiger partial charge in [0, 0.05) is 18.0 Å². The number of fused-ring (bicyclic) bond motifs is 1. The fourth-order valence-electron chi connectivity index (χ4n) is 2.90. The van der Waals surface area contributed by atoms with E-state index in [0.29, 0.717) is 5.92 Å². The van der Waals surface area contributed by atoms with E-state index in [1.807, 2.05) is 6.07 Å². The molecule has 1 aliphatic heterocycles. The number of aryl methyl sites for hydroxylation is 1. The average molecular weight is 271 g/mol. The van der Waals surface area contributed by atoms with Gasteiger partial charge in [0.15, 0.2) is 0 Å². The molecule has 1 atom stereocenters. The van der Waals surface area contributed by atoms with Gasteiger partial charge < -0.3 is 10.1 Å². The smallest absolute Gasteiger partial charge is 0.127 e. The van der Waals surface area contributed by atoms with E-state index in [9.17, 15) is 0 Å². The van der Waals surface area contributed by atoms with Crippen molar-refractivity contribution in [1.82, 2.24) is 9.78 Å². The third-order valence-electron chi connectivity index (χ3n) is 4.10. The van der Waals surface area contributed by atoms with Gasteiger partial charge in [-0.2, -0.15) is 5.10 Å². The summed E-state index contributed by atoms with van der Waals surface area (Å²) in [5, 5.41) is 8.24. The lowest BCUT2D eigenvalue weighted by Crippen LogP contribution is -2.26. The van der Waals surface area contributed by atoms with Crippen molar-refractivity contribution in [3.8, 4) is 5.75 Å². The molecule has 4 nitrogen and oxygen atoms in total.